The maximum absolute atomic E-state index is 9.30. The minimum absolute atomic E-state index is 0.181. The van der Waals surface area contributed by atoms with Gasteiger partial charge >= 0.3 is 8.53 Å². The molecule has 9 heteroatoms. The Labute approximate surface area is 201 Å². The molecule has 0 spiro atoms. The van der Waals surface area contributed by atoms with Crippen LogP contribution in [-0.4, -0.2) is 28.3 Å². The molecule has 0 aliphatic heterocycles. The number of nitriles is 2. The van der Waals surface area contributed by atoms with E-state index in [1.54, 1.807) is 24.4 Å². The minimum atomic E-state index is -1.47. The Morgan fingerprint density at radius 1 is 0.971 bits per heavy atom. The summed E-state index contributed by atoms with van der Waals surface area (Å²) >= 11 is 0. The molecule has 0 aliphatic rings. The highest BCUT2D eigenvalue weighted by Gasteiger charge is 2.29. The summed E-state index contributed by atoms with van der Waals surface area (Å²) in [5, 5.41) is 27.7. The fourth-order valence-corrected chi connectivity index (χ4v) is 5.02. The van der Waals surface area contributed by atoms with Crippen LogP contribution in [0.5, 0.6) is 5.75 Å². The second kappa shape index (κ2) is 12.2. The van der Waals surface area contributed by atoms with Crippen molar-refractivity contribution in [2.45, 2.75) is 46.2 Å². The van der Waals surface area contributed by atoms with Crippen LogP contribution in [0.4, 0.5) is 11.4 Å². The maximum atomic E-state index is 9.30. The molecule has 1 heterocycles. The molecule has 3 aromatic rings. The number of hydrogen-bond acceptors (Lipinski definition) is 8. The molecule has 0 radical (unpaired) electrons. The van der Waals surface area contributed by atoms with E-state index in [9.17, 15) is 5.26 Å². The van der Waals surface area contributed by atoms with Crippen molar-refractivity contribution in [2.24, 2.45) is 10.2 Å². The molecule has 0 saturated heterocycles. The number of fused-ring (bicyclic) bond motifs is 1. The van der Waals surface area contributed by atoms with Gasteiger partial charge in [0.05, 0.1) is 30.3 Å². The molecule has 174 valence electrons. The van der Waals surface area contributed by atoms with Gasteiger partial charge in [0.2, 0.25) is 0 Å². The van der Waals surface area contributed by atoms with E-state index in [2.05, 4.69) is 59.7 Å². The summed E-state index contributed by atoms with van der Waals surface area (Å²) in [4.78, 5) is 4.53. The van der Waals surface area contributed by atoms with Crippen LogP contribution >= 0.6 is 8.53 Å². The van der Waals surface area contributed by atoms with Crippen molar-refractivity contribution >= 4 is 30.8 Å². The third-order valence-electron chi connectivity index (χ3n) is 4.84. The molecule has 1 atom stereocenters. The van der Waals surface area contributed by atoms with E-state index in [0.717, 1.165) is 5.39 Å². The molecule has 0 amide bonds. The molecule has 2 aromatic carbocycles. The fraction of sp³-hybridized carbons (Fsp3) is 0.320. The Morgan fingerprint density at radius 3 is 2.41 bits per heavy atom. The zero-order chi connectivity index (χ0) is 24.5. The fourth-order valence-electron chi connectivity index (χ4n) is 3.42. The normalized spacial score (nSPS) is 12.4. The van der Waals surface area contributed by atoms with Gasteiger partial charge in [-0.3, -0.25) is 4.98 Å². The lowest BCUT2D eigenvalue weighted by Gasteiger charge is -2.35. The van der Waals surface area contributed by atoms with E-state index < -0.39 is 8.53 Å². The Hall–Kier alpha value is -3.42. The monoisotopic (exact) mass is 474 g/mol. The van der Waals surface area contributed by atoms with Gasteiger partial charge < -0.3 is 9.05 Å². The van der Waals surface area contributed by atoms with Crippen molar-refractivity contribution < 1.29 is 9.05 Å². The summed E-state index contributed by atoms with van der Waals surface area (Å²) < 4.78 is 14.6. The first-order valence-corrected chi connectivity index (χ1v) is 12.1. The molecular weight excluding hydrogens is 447 g/mol. The Morgan fingerprint density at radius 2 is 1.71 bits per heavy atom. The summed E-state index contributed by atoms with van der Waals surface area (Å²) in [6.07, 6.45) is 1.98. The molecule has 0 bridgehead atoms. The predicted molar refractivity (Wildman–Crippen MR) is 133 cm³/mol. The topological polar surface area (TPSA) is 107 Å². The SMILES string of the molecule is CC(C)N(C(C)C)P(OCCC#N)Oc1ccc(/N=N/c2ccccc2C#N)c2cccnc12. The molecule has 0 aliphatic carbocycles. The summed E-state index contributed by atoms with van der Waals surface area (Å²) in [5.74, 6) is 0.571. The van der Waals surface area contributed by atoms with Crippen LogP contribution in [0.3, 0.4) is 0 Å². The molecule has 0 fully saturated rings. The number of rotatable bonds is 10. The summed E-state index contributed by atoms with van der Waals surface area (Å²) in [7, 11) is -1.47. The highest BCUT2D eigenvalue weighted by atomic mass is 31.2. The third kappa shape index (κ3) is 6.12. The number of nitrogens with zero attached hydrogens (tertiary/aromatic N) is 6. The highest BCUT2D eigenvalue weighted by Crippen LogP contribution is 2.48. The van der Waals surface area contributed by atoms with Gasteiger partial charge in [-0.1, -0.05) is 12.1 Å². The molecule has 1 unspecified atom stereocenters. The number of azo groups is 1. The van der Waals surface area contributed by atoms with E-state index >= 15 is 0 Å². The van der Waals surface area contributed by atoms with Gasteiger partial charge in [-0.05, 0) is 64.1 Å². The average Bonchev–Trinajstić information content (AvgIpc) is 2.83. The lowest BCUT2D eigenvalue weighted by atomic mass is 10.1. The van der Waals surface area contributed by atoms with Crippen molar-refractivity contribution in [3.63, 3.8) is 0 Å². The van der Waals surface area contributed by atoms with Gasteiger partial charge in [-0.2, -0.15) is 10.5 Å². The Kier molecular flexibility index (Phi) is 9.01. The van der Waals surface area contributed by atoms with E-state index in [1.807, 2.05) is 30.3 Å². The first-order valence-electron chi connectivity index (χ1n) is 11.0. The second-order valence-corrected chi connectivity index (χ2v) is 9.33. The van der Waals surface area contributed by atoms with Crippen LogP contribution in [0.25, 0.3) is 10.9 Å². The summed E-state index contributed by atoms with van der Waals surface area (Å²) in [6.45, 7) is 8.64. The quantitative estimate of drug-likeness (QED) is 0.175. The van der Waals surface area contributed by atoms with Gasteiger partial charge in [0.1, 0.15) is 17.3 Å². The van der Waals surface area contributed by atoms with Crippen molar-refractivity contribution in [1.82, 2.24) is 9.65 Å². The molecule has 0 saturated carbocycles. The van der Waals surface area contributed by atoms with Crippen LogP contribution in [0.2, 0.25) is 0 Å². The van der Waals surface area contributed by atoms with Gasteiger partial charge in [0.25, 0.3) is 0 Å². The van der Waals surface area contributed by atoms with Crippen molar-refractivity contribution in [3.05, 3.63) is 60.3 Å². The smallest absolute Gasteiger partial charge is 0.321 e. The maximum Gasteiger partial charge on any atom is 0.321 e. The van der Waals surface area contributed by atoms with Gasteiger partial charge in [0.15, 0.2) is 5.75 Å². The molecular formula is C25H27N6O2P. The molecule has 0 N–H and O–H groups in total. The van der Waals surface area contributed by atoms with E-state index in [0.29, 0.717) is 28.2 Å². The lowest BCUT2D eigenvalue weighted by Crippen LogP contribution is -2.34. The Bertz CT molecular complexity index is 1220. The molecule has 34 heavy (non-hydrogen) atoms. The number of benzene rings is 2. The summed E-state index contributed by atoms with van der Waals surface area (Å²) in [6, 6.07) is 19.0. The average molecular weight is 475 g/mol. The van der Waals surface area contributed by atoms with Crippen LogP contribution < -0.4 is 4.52 Å². The van der Waals surface area contributed by atoms with Gasteiger partial charge in [-0.25, -0.2) is 4.67 Å². The molecule has 3 rings (SSSR count). The second-order valence-electron chi connectivity index (χ2n) is 7.95. The van der Waals surface area contributed by atoms with E-state index in [4.69, 9.17) is 14.3 Å². The lowest BCUT2D eigenvalue weighted by molar-refractivity contribution is 0.220. The zero-order valence-corrected chi connectivity index (χ0v) is 20.6. The first kappa shape index (κ1) is 25.2. The van der Waals surface area contributed by atoms with Gasteiger partial charge in [0, 0.05) is 23.7 Å². The first-order chi connectivity index (χ1) is 16.5. The molecule has 1 aromatic heterocycles. The van der Waals surface area contributed by atoms with Crippen LogP contribution in [0.1, 0.15) is 39.7 Å². The minimum Gasteiger partial charge on any atom is -0.433 e. The third-order valence-corrected chi connectivity index (χ3v) is 6.90. The van der Waals surface area contributed by atoms with Crippen LogP contribution in [-0.2, 0) is 4.52 Å². The van der Waals surface area contributed by atoms with Crippen molar-refractivity contribution in [3.8, 4) is 17.9 Å². The largest absolute Gasteiger partial charge is 0.433 e. The number of pyridine rings is 1. The highest BCUT2D eigenvalue weighted by molar-refractivity contribution is 7.45. The van der Waals surface area contributed by atoms with Crippen molar-refractivity contribution in [1.29, 1.82) is 10.5 Å². The number of hydrogen-bond donors (Lipinski definition) is 0. The predicted octanol–water partition coefficient (Wildman–Crippen LogP) is 7.18. The molecule has 8 nitrogen and oxygen atoms in total. The van der Waals surface area contributed by atoms with Gasteiger partial charge in [-0.15, -0.1) is 10.2 Å². The van der Waals surface area contributed by atoms with Crippen molar-refractivity contribution in [2.75, 3.05) is 6.61 Å². The van der Waals surface area contributed by atoms with E-state index in [1.165, 1.54) is 0 Å². The van der Waals surface area contributed by atoms with Crippen LogP contribution in [0.15, 0.2) is 65.0 Å². The van der Waals surface area contributed by atoms with Crippen LogP contribution in [0, 0.1) is 22.7 Å². The Balaban J connectivity index is 1.98. The standard InChI is InChI=1S/C25H27N6O2P/c1-18(2)31(19(3)4)34(32-16-8-14-26)33-24-13-12-23(21-10-7-15-28-25(21)24)30-29-22-11-6-5-9-20(22)17-27/h5-7,9-13,15,18-19H,8,16H2,1-4H3/b30-29+. The number of aromatic nitrogens is 1. The summed E-state index contributed by atoms with van der Waals surface area (Å²) in [5.41, 5.74) is 2.21. The van der Waals surface area contributed by atoms with E-state index in [-0.39, 0.29) is 25.1 Å². The zero-order valence-electron chi connectivity index (χ0n) is 19.7.